The predicted molar refractivity (Wildman–Crippen MR) is 131 cm³/mol. The Morgan fingerprint density at radius 3 is 2.34 bits per heavy atom. The number of nitrogens with zero attached hydrogens (tertiary/aromatic N) is 2. The van der Waals surface area contributed by atoms with Gasteiger partial charge in [0.25, 0.3) is 0 Å². The zero-order valence-electron chi connectivity index (χ0n) is 18.9. The maximum atomic E-state index is 12.6. The SMILES string of the molecule is CC(=CC(=O)Nc1ccc(N(C)CCN(C)C)cc1C(=O)O)c1ccc2ccccc2c1. The van der Waals surface area contributed by atoms with Crippen molar-refractivity contribution in [1.29, 1.82) is 0 Å². The van der Waals surface area contributed by atoms with Crippen LogP contribution in [0, 0.1) is 0 Å². The topological polar surface area (TPSA) is 72.9 Å². The second-order valence-electron chi connectivity index (χ2n) is 8.14. The number of carbonyl (C=O) groups is 2. The quantitative estimate of drug-likeness (QED) is 0.511. The van der Waals surface area contributed by atoms with Crippen LogP contribution in [0.25, 0.3) is 16.3 Å². The van der Waals surface area contributed by atoms with Crippen molar-refractivity contribution in [1.82, 2.24) is 4.90 Å². The first-order valence-corrected chi connectivity index (χ1v) is 10.5. The molecule has 0 spiro atoms. The number of carboxylic acids is 1. The average Bonchev–Trinajstić information content (AvgIpc) is 2.77. The fraction of sp³-hybridized carbons (Fsp3) is 0.231. The van der Waals surface area contributed by atoms with Gasteiger partial charge in [0.1, 0.15) is 0 Å². The summed E-state index contributed by atoms with van der Waals surface area (Å²) in [6.07, 6.45) is 1.49. The van der Waals surface area contributed by atoms with Crippen LogP contribution in [0.5, 0.6) is 0 Å². The maximum Gasteiger partial charge on any atom is 0.337 e. The summed E-state index contributed by atoms with van der Waals surface area (Å²) in [6, 6.07) is 19.1. The molecule has 32 heavy (non-hydrogen) atoms. The van der Waals surface area contributed by atoms with Gasteiger partial charge in [-0.1, -0.05) is 36.4 Å². The average molecular weight is 432 g/mol. The largest absolute Gasteiger partial charge is 0.478 e. The molecule has 0 saturated carbocycles. The molecular weight excluding hydrogens is 402 g/mol. The molecule has 3 rings (SSSR count). The first-order chi connectivity index (χ1) is 15.2. The number of carboxylic acid groups (broad SMARTS) is 1. The lowest BCUT2D eigenvalue weighted by Gasteiger charge is -2.22. The van der Waals surface area contributed by atoms with Crippen LogP contribution in [0.4, 0.5) is 11.4 Å². The van der Waals surface area contributed by atoms with E-state index in [9.17, 15) is 14.7 Å². The lowest BCUT2D eigenvalue weighted by molar-refractivity contribution is -0.111. The molecule has 0 fully saturated rings. The predicted octanol–water partition coefficient (Wildman–Crippen LogP) is 4.58. The minimum absolute atomic E-state index is 0.0595. The van der Waals surface area contributed by atoms with Gasteiger partial charge in [-0.3, -0.25) is 4.79 Å². The Kier molecular flexibility index (Phi) is 7.28. The number of carbonyl (C=O) groups excluding carboxylic acids is 1. The number of benzene rings is 3. The molecule has 0 aliphatic heterocycles. The van der Waals surface area contributed by atoms with E-state index in [4.69, 9.17) is 0 Å². The second-order valence-corrected chi connectivity index (χ2v) is 8.14. The van der Waals surface area contributed by atoms with Gasteiger partial charge in [-0.05, 0) is 67.2 Å². The minimum atomic E-state index is -1.08. The van der Waals surface area contributed by atoms with Gasteiger partial charge in [-0.25, -0.2) is 4.79 Å². The van der Waals surface area contributed by atoms with Crippen LogP contribution in [-0.4, -0.2) is 56.1 Å². The highest BCUT2D eigenvalue weighted by molar-refractivity contribution is 6.07. The molecule has 1 amide bonds. The number of likely N-dealkylation sites (N-methyl/N-ethyl adjacent to an activating group) is 2. The van der Waals surface area contributed by atoms with Crippen molar-refractivity contribution in [3.8, 4) is 0 Å². The van der Waals surface area contributed by atoms with Gasteiger partial charge in [0, 0.05) is 31.9 Å². The molecular formula is C26H29N3O3. The molecule has 0 heterocycles. The number of rotatable bonds is 8. The van der Waals surface area contributed by atoms with E-state index in [0.29, 0.717) is 0 Å². The molecule has 0 aliphatic rings. The second kappa shape index (κ2) is 10.1. The zero-order chi connectivity index (χ0) is 23.3. The fourth-order valence-corrected chi connectivity index (χ4v) is 3.42. The Balaban J connectivity index is 1.78. The number of anilines is 2. The third kappa shape index (κ3) is 5.74. The van der Waals surface area contributed by atoms with E-state index >= 15 is 0 Å². The zero-order valence-corrected chi connectivity index (χ0v) is 18.9. The van der Waals surface area contributed by atoms with Crippen molar-refractivity contribution >= 4 is 39.6 Å². The summed E-state index contributed by atoms with van der Waals surface area (Å²) in [5.41, 5.74) is 2.85. The number of allylic oxidation sites excluding steroid dienone is 1. The normalized spacial score (nSPS) is 11.6. The number of fused-ring (bicyclic) bond motifs is 1. The summed E-state index contributed by atoms with van der Waals surface area (Å²) < 4.78 is 0. The number of hydrogen-bond donors (Lipinski definition) is 2. The molecule has 2 N–H and O–H groups in total. The third-order valence-corrected chi connectivity index (χ3v) is 5.37. The van der Waals surface area contributed by atoms with Gasteiger partial charge in [-0.15, -0.1) is 0 Å². The van der Waals surface area contributed by atoms with Gasteiger partial charge in [-0.2, -0.15) is 0 Å². The van der Waals surface area contributed by atoms with E-state index in [1.807, 2.05) is 81.5 Å². The van der Waals surface area contributed by atoms with Crippen LogP contribution >= 0.6 is 0 Å². The Morgan fingerprint density at radius 2 is 1.66 bits per heavy atom. The fourth-order valence-electron chi connectivity index (χ4n) is 3.42. The summed E-state index contributed by atoms with van der Waals surface area (Å²) in [5, 5.41) is 14.6. The number of hydrogen-bond acceptors (Lipinski definition) is 4. The molecule has 0 radical (unpaired) electrons. The van der Waals surface area contributed by atoms with Gasteiger partial charge in [0.05, 0.1) is 11.3 Å². The summed E-state index contributed by atoms with van der Waals surface area (Å²) in [5.74, 6) is -1.45. The number of nitrogens with one attached hydrogen (secondary N) is 1. The van der Waals surface area contributed by atoms with E-state index in [1.165, 1.54) is 6.08 Å². The molecule has 0 saturated heterocycles. The summed E-state index contributed by atoms with van der Waals surface area (Å²) in [4.78, 5) is 28.5. The van der Waals surface area contributed by atoms with E-state index in [0.717, 1.165) is 40.7 Å². The molecule has 6 heteroatoms. The highest BCUT2D eigenvalue weighted by Crippen LogP contribution is 2.24. The van der Waals surface area contributed by atoms with E-state index in [-0.39, 0.29) is 17.2 Å². The van der Waals surface area contributed by atoms with Crippen LogP contribution < -0.4 is 10.2 Å². The Bertz CT molecular complexity index is 1170. The summed E-state index contributed by atoms with van der Waals surface area (Å²) >= 11 is 0. The van der Waals surface area contributed by atoms with Crippen LogP contribution in [0.1, 0.15) is 22.8 Å². The Labute approximate surface area is 188 Å². The van der Waals surface area contributed by atoms with E-state index in [2.05, 4.69) is 10.2 Å². The molecule has 3 aromatic rings. The first-order valence-electron chi connectivity index (χ1n) is 10.5. The molecule has 0 unspecified atom stereocenters. The van der Waals surface area contributed by atoms with Crippen LogP contribution in [0.15, 0.2) is 66.7 Å². The molecule has 3 aromatic carbocycles. The van der Waals surface area contributed by atoms with Crippen molar-refractivity contribution in [2.24, 2.45) is 0 Å². The van der Waals surface area contributed by atoms with Crippen molar-refractivity contribution < 1.29 is 14.7 Å². The lowest BCUT2D eigenvalue weighted by Crippen LogP contribution is -2.28. The Hall–Kier alpha value is -3.64. The summed E-state index contributed by atoms with van der Waals surface area (Å²) in [6.45, 7) is 3.46. The monoisotopic (exact) mass is 431 g/mol. The molecule has 166 valence electrons. The van der Waals surface area contributed by atoms with Gasteiger partial charge in [0.2, 0.25) is 5.91 Å². The van der Waals surface area contributed by atoms with Gasteiger partial charge < -0.3 is 20.2 Å². The van der Waals surface area contributed by atoms with Crippen molar-refractivity contribution in [3.63, 3.8) is 0 Å². The summed E-state index contributed by atoms with van der Waals surface area (Å²) in [7, 11) is 5.89. The van der Waals surface area contributed by atoms with Crippen molar-refractivity contribution in [3.05, 3.63) is 77.9 Å². The van der Waals surface area contributed by atoms with Crippen LogP contribution in [0.2, 0.25) is 0 Å². The lowest BCUT2D eigenvalue weighted by atomic mass is 10.0. The third-order valence-electron chi connectivity index (χ3n) is 5.37. The maximum absolute atomic E-state index is 12.6. The number of amides is 1. The minimum Gasteiger partial charge on any atom is -0.478 e. The van der Waals surface area contributed by atoms with Crippen LogP contribution in [-0.2, 0) is 4.79 Å². The Morgan fingerprint density at radius 1 is 0.938 bits per heavy atom. The molecule has 0 aliphatic carbocycles. The molecule has 0 bridgehead atoms. The molecule has 0 atom stereocenters. The van der Waals surface area contributed by atoms with Gasteiger partial charge in [0.15, 0.2) is 0 Å². The van der Waals surface area contributed by atoms with Crippen molar-refractivity contribution in [2.75, 3.05) is 44.4 Å². The first kappa shape index (κ1) is 23.0. The highest BCUT2D eigenvalue weighted by Gasteiger charge is 2.15. The standard InChI is InChI=1S/C26H29N3O3/c1-18(20-10-9-19-7-5-6-8-21(19)16-20)15-25(30)27-24-12-11-22(17-23(24)26(31)32)29(4)14-13-28(2)3/h5-12,15-17H,13-14H2,1-4H3,(H,27,30)(H,31,32). The highest BCUT2D eigenvalue weighted by atomic mass is 16.4. The van der Waals surface area contributed by atoms with E-state index < -0.39 is 5.97 Å². The van der Waals surface area contributed by atoms with Crippen LogP contribution in [0.3, 0.4) is 0 Å². The van der Waals surface area contributed by atoms with Gasteiger partial charge >= 0.3 is 5.97 Å². The molecule has 6 nitrogen and oxygen atoms in total. The smallest absolute Gasteiger partial charge is 0.337 e. The van der Waals surface area contributed by atoms with Crippen molar-refractivity contribution in [2.45, 2.75) is 6.92 Å². The van der Waals surface area contributed by atoms with E-state index in [1.54, 1.807) is 12.1 Å². The molecule has 0 aromatic heterocycles. The number of aromatic carboxylic acids is 1.